The normalized spacial score (nSPS) is 21.6. The fourth-order valence-corrected chi connectivity index (χ4v) is 6.24. The first-order valence-electron chi connectivity index (χ1n) is 12.2. The van der Waals surface area contributed by atoms with Gasteiger partial charge in [-0.25, -0.2) is 9.78 Å². The van der Waals surface area contributed by atoms with Gasteiger partial charge in [0.2, 0.25) is 0 Å². The number of nitrogens with zero attached hydrogens (tertiary/aromatic N) is 1. The van der Waals surface area contributed by atoms with Crippen molar-refractivity contribution >= 4 is 23.3 Å². The molecular formula is C29H32N2O4S. The van der Waals surface area contributed by atoms with E-state index in [0.29, 0.717) is 16.3 Å². The number of carbonyl (C=O) groups excluding carboxylic acids is 2. The number of aromatic nitrogens is 1. The van der Waals surface area contributed by atoms with E-state index < -0.39 is 29.3 Å². The monoisotopic (exact) mass is 504 g/mol. The van der Waals surface area contributed by atoms with Crippen LogP contribution in [0.5, 0.6) is 0 Å². The van der Waals surface area contributed by atoms with Gasteiger partial charge in [-0.3, -0.25) is 4.79 Å². The molecule has 0 aliphatic carbocycles. The third kappa shape index (κ3) is 4.44. The molecule has 3 atom stereocenters. The van der Waals surface area contributed by atoms with Gasteiger partial charge < -0.3 is 14.8 Å². The van der Waals surface area contributed by atoms with Crippen LogP contribution in [0.1, 0.15) is 49.7 Å². The van der Waals surface area contributed by atoms with Crippen molar-refractivity contribution in [1.29, 1.82) is 0 Å². The molecule has 3 unspecified atom stereocenters. The van der Waals surface area contributed by atoms with Gasteiger partial charge in [-0.1, -0.05) is 54.1 Å². The lowest BCUT2D eigenvalue weighted by atomic mass is 9.62. The lowest BCUT2D eigenvalue weighted by Gasteiger charge is -2.46. The Balaban J connectivity index is 2.01. The molecule has 0 saturated heterocycles. The van der Waals surface area contributed by atoms with E-state index in [1.165, 1.54) is 11.3 Å². The maximum atomic E-state index is 14.1. The second-order valence-corrected chi connectivity index (χ2v) is 9.82. The minimum Gasteiger partial charge on any atom is -0.465 e. The quantitative estimate of drug-likeness (QED) is 0.426. The molecule has 0 saturated carbocycles. The lowest BCUT2D eigenvalue weighted by Crippen LogP contribution is -2.60. The molecule has 7 heteroatoms. The van der Waals surface area contributed by atoms with Crippen LogP contribution < -0.4 is 5.32 Å². The molecule has 2 aromatic carbocycles. The Bertz CT molecular complexity index is 1280. The second kappa shape index (κ2) is 10.7. The molecule has 188 valence electrons. The first-order chi connectivity index (χ1) is 17.3. The van der Waals surface area contributed by atoms with Gasteiger partial charge in [-0.05, 0) is 46.2 Å². The zero-order chi connectivity index (χ0) is 25.9. The van der Waals surface area contributed by atoms with Gasteiger partial charge in [-0.2, -0.15) is 0 Å². The van der Waals surface area contributed by atoms with Crippen molar-refractivity contribution in [2.75, 3.05) is 13.2 Å². The Hall–Kier alpha value is -3.45. The Kier molecular flexibility index (Phi) is 7.59. The number of ether oxygens (including phenoxy) is 2. The summed E-state index contributed by atoms with van der Waals surface area (Å²) in [6, 6.07) is 17.3. The van der Waals surface area contributed by atoms with E-state index >= 15 is 0 Å². The van der Waals surface area contributed by atoms with Gasteiger partial charge in [-0.15, -0.1) is 11.3 Å². The molecule has 1 N–H and O–H groups in total. The fourth-order valence-electron chi connectivity index (χ4n) is 5.11. The highest BCUT2D eigenvalue weighted by Gasteiger charge is 2.60. The highest BCUT2D eigenvalue weighted by atomic mass is 32.1. The van der Waals surface area contributed by atoms with Crippen molar-refractivity contribution in [2.45, 2.75) is 52.0 Å². The SMILES string of the molecule is CCOC(=O)C1=C(C)NC(C)C(C(=O)OCC)(c2nc(-c3cccc(C)c3)cs2)C1c1ccccc1. The summed E-state index contributed by atoms with van der Waals surface area (Å²) in [4.78, 5) is 32.5. The number of nitrogens with one attached hydrogen (secondary N) is 1. The summed E-state index contributed by atoms with van der Waals surface area (Å²) in [5, 5.41) is 5.96. The summed E-state index contributed by atoms with van der Waals surface area (Å²) in [7, 11) is 0. The van der Waals surface area contributed by atoms with Crippen LogP contribution in [-0.2, 0) is 24.5 Å². The minimum absolute atomic E-state index is 0.211. The predicted octanol–water partition coefficient (Wildman–Crippen LogP) is 5.53. The van der Waals surface area contributed by atoms with Crippen molar-refractivity contribution in [2.24, 2.45) is 0 Å². The zero-order valence-corrected chi connectivity index (χ0v) is 22.1. The Labute approximate surface area is 216 Å². The van der Waals surface area contributed by atoms with Crippen LogP contribution in [0.4, 0.5) is 0 Å². The zero-order valence-electron chi connectivity index (χ0n) is 21.3. The van der Waals surface area contributed by atoms with E-state index in [9.17, 15) is 9.59 Å². The smallest absolute Gasteiger partial charge is 0.336 e. The largest absolute Gasteiger partial charge is 0.465 e. The number of thiazole rings is 1. The van der Waals surface area contributed by atoms with Crippen LogP contribution in [0.3, 0.4) is 0 Å². The molecule has 3 aromatic rings. The first kappa shape index (κ1) is 25.6. The average molecular weight is 505 g/mol. The molecule has 0 amide bonds. The average Bonchev–Trinajstić information content (AvgIpc) is 3.35. The maximum absolute atomic E-state index is 14.1. The van der Waals surface area contributed by atoms with E-state index in [4.69, 9.17) is 14.5 Å². The number of benzene rings is 2. The summed E-state index contributed by atoms with van der Waals surface area (Å²) in [5.41, 5.74) is 3.53. The van der Waals surface area contributed by atoms with E-state index in [2.05, 4.69) is 11.4 Å². The van der Waals surface area contributed by atoms with Crippen molar-refractivity contribution in [3.63, 3.8) is 0 Å². The first-order valence-corrected chi connectivity index (χ1v) is 13.1. The molecule has 1 aliphatic rings. The number of aryl methyl sites for hydroxylation is 1. The molecule has 6 nitrogen and oxygen atoms in total. The highest BCUT2D eigenvalue weighted by molar-refractivity contribution is 7.10. The molecule has 1 aliphatic heterocycles. The summed E-state index contributed by atoms with van der Waals surface area (Å²) < 4.78 is 11.2. The van der Waals surface area contributed by atoms with Crippen molar-refractivity contribution in [3.8, 4) is 11.3 Å². The number of esters is 2. The van der Waals surface area contributed by atoms with E-state index in [0.717, 1.165) is 22.4 Å². The standard InChI is InChI=1S/C29H32N2O4S/c1-6-34-26(32)24-19(4)30-20(5)29(28(33)35-7-2,25(24)21-13-9-8-10-14-21)27-31-23(17-36-27)22-15-11-12-18(3)16-22/h8-17,20,25,30H,6-7H2,1-5H3. The van der Waals surface area contributed by atoms with Crippen molar-refractivity contribution in [1.82, 2.24) is 10.3 Å². The van der Waals surface area contributed by atoms with E-state index in [1.54, 1.807) is 13.8 Å². The Morgan fingerprint density at radius 2 is 1.75 bits per heavy atom. The van der Waals surface area contributed by atoms with Crippen LogP contribution in [-0.4, -0.2) is 36.2 Å². The van der Waals surface area contributed by atoms with E-state index in [1.807, 2.05) is 74.7 Å². The molecule has 4 rings (SSSR count). The van der Waals surface area contributed by atoms with Gasteiger partial charge >= 0.3 is 11.9 Å². The van der Waals surface area contributed by atoms with Crippen LogP contribution >= 0.6 is 11.3 Å². The van der Waals surface area contributed by atoms with Crippen LogP contribution in [0.15, 0.2) is 71.2 Å². The van der Waals surface area contributed by atoms with Crippen LogP contribution in [0.2, 0.25) is 0 Å². The fraction of sp³-hybridized carbons (Fsp3) is 0.345. The second-order valence-electron chi connectivity index (χ2n) is 8.97. The van der Waals surface area contributed by atoms with Gasteiger partial charge in [0, 0.05) is 28.6 Å². The maximum Gasteiger partial charge on any atom is 0.336 e. The van der Waals surface area contributed by atoms with Gasteiger partial charge in [0.05, 0.1) is 24.5 Å². The van der Waals surface area contributed by atoms with Crippen molar-refractivity contribution in [3.05, 3.63) is 87.4 Å². The molecule has 2 heterocycles. The minimum atomic E-state index is -1.29. The summed E-state index contributed by atoms with van der Waals surface area (Å²) in [6.45, 7) is 9.85. The molecule has 0 radical (unpaired) electrons. The number of rotatable bonds is 7. The van der Waals surface area contributed by atoms with Crippen molar-refractivity contribution < 1.29 is 19.1 Å². The molecule has 0 spiro atoms. The van der Waals surface area contributed by atoms with Gasteiger partial charge in [0.25, 0.3) is 0 Å². The summed E-state index contributed by atoms with van der Waals surface area (Å²) >= 11 is 1.41. The number of hydrogen-bond donors (Lipinski definition) is 1. The van der Waals surface area contributed by atoms with Gasteiger partial charge in [0.1, 0.15) is 5.01 Å². The van der Waals surface area contributed by atoms with Crippen LogP contribution in [0.25, 0.3) is 11.3 Å². The molecule has 36 heavy (non-hydrogen) atoms. The molecular weight excluding hydrogens is 472 g/mol. The predicted molar refractivity (Wildman–Crippen MR) is 142 cm³/mol. The number of carbonyl (C=O) groups is 2. The highest BCUT2D eigenvalue weighted by Crippen LogP contribution is 2.52. The molecule has 0 fully saturated rings. The van der Waals surface area contributed by atoms with Gasteiger partial charge in [0.15, 0.2) is 5.41 Å². The topological polar surface area (TPSA) is 77.5 Å². The summed E-state index contributed by atoms with van der Waals surface area (Å²) in [5.74, 6) is -1.52. The summed E-state index contributed by atoms with van der Waals surface area (Å²) in [6.07, 6.45) is 0. The Morgan fingerprint density at radius 1 is 1.03 bits per heavy atom. The van der Waals surface area contributed by atoms with E-state index in [-0.39, 0.29) is 13.2 Å². The Morgan fingerprint density at radius 3 is 2.42 bits per heavy atom. The molecule has 0 bridgehead atoms. The third-order valence-corrected chi connectivity index (χ3v) is 7.67. The molecule has 1 aromatic heterocycles. The third-order valence-electron chi connectivity index (χ3n) is 6.68. The van der Waals surface area contributed by atoms with Crippen LogP contribution in [0, 0.1) is 6.92 Å². The number of allylic oxidation sites excluding steroid dienone is 1. The number of hydrogen-bond acceptors (Lipinski definition) is 7. The lowest BCUT2D eigenvalue weighted by molar-refractivity contribution is -0.153.